The van der Waals surface area contributed by atoms with E-state index in [2.05, 4.69) is 5.32 Å². The molecule has 3 amide bonds. The number of rotatable bonds is 8. The largest absolute Gasteiger partial charge is 0.493 e. The van der Waals surface area contributed by atoms with E-state index in [-0.39, 0.29) is 46.6 Å². The van der Waals surface area contributed by atoms with Crippen molar-refractivity contribution in [2.75, 3.05) is 7.11 Å². The summed E-state index contributed by atoms with van der Waals surface area (Å²) >= 11 is 6.40. The fourth-order valence-electron chi connectivity index (χ4n) is 3.51. The number of benzene rings is 3. The summed E-state index contributed by atoms with van der Waals surface area (Å²) in [6.45, 7) is -0.137. The molecule has 1 N–H and O–H groups in total. The minimum atomic E-state index is -0.671. The van der Waals surface area contributed by atoms with Crippen molar-refractivity contribution < 1.29 is 28.4 Å². The maximum absolute atomic E-state index is 14.0. The molecule has 0 radical (unpaired) electrons. The van der Waals surface area contributed by atoms with Crippen LogP contribution in [0.2, 0.25) is 5.02 Å². The summed E-state index contributed by atoms with van der Waals surface area (Å²) < 4.78 is 25.1. The van der Waals surface area contributed by atoms with E-state index in [4.69, 9.17) is 21.1 Å². The Balaban J connectivity index is 1.51. The summed E-state index contributed by atoms with van der Waals surface area (Å²) in [6, 6.07) is 14.2. The number of non-ortho nitro benzene ring substituents is 1. The molecule has 0 aromatic heterocycles. The quantitative estimate of drug-likeness (QED) is 0.196. The van der Waals surface area contributed by atoms with E-state index in [1.807, 2.05) is 0 Å². The Morgan fingerprint density at radius 3 is 2.53 bits per heavy atom. The van der Waals surface area contributed by atoms with E-state index in [9.17, 15) is 24.1 Å². The highest BCUT2D eigenvalue weighted by molar-refractivity contribution is 6.32. The van der Waals surface area contributed by atoms with Gasteiger partial charge in [-0.25, -0.2) is 9.18 Å². The monoisotopic (exact) mass is 511 g/mol. The van der Waals surface area contributed by atoms with Gasteiger partial charge in [-0.15, -0.1) is 0 Å². The Morgan fingerprint density at radius 2 is 1.86 bits per heavy atom. The van der Waals surface area contributed by atoms with Crippen molar-refractivity contribution in [3.8, 4) is 11.5 Å². The molecule has 1 fully saturated rings. The van der Waals surface area contributed by atoms with Gasteiger partial charge in [0.15, 0.2) is 11.5 Å². The van der Waals surface area contributed by atoms with E-state index in [1.54, 1.807) is 24.3 Å². The number of halogens is 2. The number of amides is 3. The molecule has 0 saturated carbocycles. The molecule has 184 valence electrons. The Morgan fingerprint density at radius 1 is 1.14 bits per heavy atom. The van der Waals surface area contributed by atoms with Crippen molar-refractivity contribution in [3.05, 3.63) is 104 Å². The van der Waals surface area contributed by atoms with Gasteiger partial charge in [-0.3, -0.25) is 19.8 Å². The molecule has 9 nitrogen and oxygen atoms in total. The second-order valence-electron chi connectivity index (χ2n) is 7.72. The number of ether oxygens (including phenoxy) is 2. The highest BCUT2D eigenvalue weighted by Crippen LogP contribution is 2.37. The number of nitro groups is 1. The topological polar surface area (TPSA) is 111 Å². The molecule has 36 heavy (non-hydrogen) atoms. The molecule has 3 aromatic rings. The fraction of sp³-hybridized carbons (Fsp3) is 0.120. The molecular weight excluding hydrogens is 493 g/mol. The number of carbonyl (C=O) groups is 2. The van der Waals surface area contributed by atoms with Crippen molar-refractivity contribution in [1.29, 1.82) is 0 Å². The zero-order valence-corrected chi connectivity index (χ0v) is 19.6. The third kappa shape index (κ3) is 5.28. The van der Waals surface area contributed by atoms with Gasteiger partial charge < -0.3 is 14.8 Å². The summed E-state index contributed by atoms with van der Waals surface area (Å²) in [5, 5.41) is 13.5. The summed E-state index contributed by atoms with van der Waals surface area (Å²) in [6.07, 6.45) is 1.43. The van der Waals surface area contributed by atoms with E-state index in [1.165, 1.54) is 49.6 Å². The van der Waals surface area contributed by atoms with E-state index in [0.717, 1.165) is 4.90 Å². The standard InChI is InChI=1S/C25H19ClFN3O6/c1-35-22-12-16(10-19(26)23(22)36-14-15-6-8-18(9-7-15)30(33)34)11-21-24(31)29(25(32)28-21)13-17-4-2-3-5-20(17)27/h2-12H,13-14H2,1H3,(H,28,32)/b21-11+. The van der Waals surface area contributed by atoms with Crippen molar-refractivity contribution in [2.24, 2.45) is 0 Å². The number of hydrogen-bond acceptors (Lipinski definition) is 6. The van der Waals surface area contributed by atoms with Gasteiger partial charge in [-0.05, 0) is 47.5 Å². The van der Waals surface area contributed by atoms with Gasteiger partial charge in [0, 0.05) is 17.7 Å². The zero-order chi connectivity index (χ0) is 25.8. The van der Waals surface area contributed by atoms with Crippen LogP contribution in [0.1, 0.15) is 16.7 Å². The number of urea groups is 1. The third-order valence-electron chi connectivity index (χ3n) is 5.34. The van der Waals surface area contributed by atoms with Crippen molar-refractivity contribution in [1.82, 2.24) is 10.2 Å². The minimum Gasteiger partial charge on any atom is -0.493 e. The van der Waals surface area contributed by atoms with Crippen LogP contribution in [0.25, 0.3) is 6.08 Å². The zero-order valence-electron chi connectivity index (χ0n) is 18.9. The highest BCUT2D eigenvalue weighted by Gasteiger charge is 2.34. The first-order chi connectivity index (χ1) is 17.3. The Labute approximate surface area is 209 Å². The first-order valence-electron chi connectivity index (χ1n) is 10.6. The van der Waals surface area contributed by atoms with Gasteiger partial charge in [0.1, 0.15) is 18.1 Å². The van der Waals surface area contributed by atoms with Crippen LogP contribution in [0.5, 0.6) is 11.5 Å². The van der Waals surface area contributed by atoms with Crippen LogP contribution in [0.4, 0.5) is 14.9 Å². The lowest BCUT2D eigenvalue weighted by molar-refractivity contribution is -0.384. The number of hydrogen-bond donors (Lipinski definition) is 1. The molecule has 1 heterocycles. The lowest BCUT2D eigenvalue weighted by Crippen LogP contribution is -2.30. The second kappa shape index (κ2) is 10.4. The lowest BCUT2D eigenvalue weighted by atomic mass is 10.1. The van der Waals surface area contributed by atoms with Crippen LogP contribution in [0, 0.1) is 15.9 Å². The summed E-state index contributed by atoms with van der Waals surface area (Å²) in [5.74, 6) is -0.618. The van der Waals surface area contributed by atoms with Gasteiger partial charge in [-0.1, -0.05) is 29.8 Å². The smallest absolute Gasteiger partial charge is 0.329 e. The summed E-state index contributed by atoms with van der Waals surface area (Å²) in [4.78, 5) is 36.4. The van der Waals surface area contributed by atoms with Gasteiger partial charge in [0.25, 0.3) is 11.6 Å². The maximum atomic E-state index is 14.0. The van der Waals surface area contributed by atoms with Gasteiger partial charge in [0.2, 0.25) is 0 Å². The number of nitro benzene ring substituents is 1. The highest BCUT2D eigenvalue weighted by atomic mass is 35.5. The SMILES string of the molecule is COc1cc(/C=C2/NC(=O)N(Cc3ccccc3F)C2=O)cc(Cl)c1OCc1ccc([N+](=O)[O-])cc1. The Kier molecular flexibility index (Phi) is 7.16. The Bertz CT molecular complexity index is 1380. The van der Waals surface area contributed by atoms with Crippen LogP contribution in [0.3, 0.4) is 0 Å². The first kappa shape index (κ1) is 24.7. The summed E-state index contributed by atoms with van der Waals surface area (Å²) in [7, 11) is 1.42. The average molecular weight is 512 g/mol. The molecule has 0 atom stereocenters. The number of carbonyl (C=O) groups excluding carboxylic acids is 2. The number of imide groups is 1. The molecule has 11 heteroatoms. The molecular formula is C25H19ClFN3O6. The molecule has 1 aliphatic rings. The molecule has 0 bridgehead atoms. The molecule has 0 spiro atoms. The predicted octanol–water partition coefficient (Wildman–Crippen LogP) is 5.07. The normalized spacial score (nSPS) is 14.2. The van der Waals surface area contributed by atoms with Crippen LogP contribution < -0.4 is 14.8 Å². The molecule has 0 aliphatic carbocycles. The van der Waals surface area contributed by atoms with E-state index in [0.29, 0.717) is 11.1 Å². The molecule has 0 unspecified atom stereocenters. The molecule has 1 aliphatic heterocycles. The van der Waals surface area contributed by atoms with Gasteiger partial charge in [0.05, 0.1) is 23.6 Å². The molecule has 3 aromatic carbocycles. The number of nitrogens with zero attached hydrogens (tertiary/aromatic N) is 2. The van der Waals surface area contributed by atoms with Crippen molar-refractivity contribution in [2.45, 2.75) is 13.2 Å². The Hall–Kier alpha value is -4.44. The van der Waals surface area contributed by atoms with E-state index < -0.39 is 22.7 Å². The van der Waals surface area contributed by atoms with Crippen LogP contribution >= 0.6 is 11.6 Å². The maximum Gasteiger partial charge on any atom is 0.329 e. The lowest BCUT2D eigenvalue weighted by Gasteiger charge is -2.14. The van der Waals surface area contributed by atoms with Crippen LogP contribution in [0.15, 0.2) is 66.4 Å². The van der Waals surface area contributed by atoms with Gasteiger partial charge >= 0.3 is 6.03 Å². The first-order valence-corrected chi connectivity index (χ1v) is 11.0. The van der Waals surface area contributed by atoms with Crippen LogP contribution in [-0.2, 0) is 17.9 Å². The fourth-order valence-corrected chi connectivity index (χ4v) is 3.79. The second-order valence-corrected chi connectivity index (χ2v) is 8.12. The van der Waals surface area contributed by atoms with Crippen LogP contribution in [-0.4, -0.2) is 28.9 Å². The number of methoxy groups -OCH3 is 1. The van der Waals surface area contributed by atoms with Crippen molar-refractivity contribution >= 4 is 35.3 Å². The van der Waals surface area contributed by atoms with E-state index >= 15 is 0 Å². The third-order valence-corrected chi connectivity index (χ3v) is 5.62. The van der Waals surface area contributed by atoms with Gasteiger partial charge in [-0.2, -0.15) is 0 Å². The summed E-state index contributed by atoms with van der Waals surface area (Å²) in [5.41, 5.74) is 1.30. The predicted molar refractivity (Wildman–Crippen MR) is 129 cm³/mol. The molecule has 4 rings (SSSR count). The molecule has 1 saturated heterocycles. The minimum absolute atomic E-state index is 0.00555. The van der Waals surface area contributed by atoms with Crippen molar-refractivity contribution in [3.63, 3.8) is 0 Å². The average Bonchev–Trinajstić information content (AvgIpc) is 3.11. The number of nitrogens with one attached hydrogen (secondary N) is 1.